The highest BCUT2D eigenvalue weighted by molar-refractivity contribution is 9.10. The lowest BCUT2D eigenvalue weighted by Crippen LogP contribution is -2.05. The first-order chi connectivity index (χ1) is 9.65. The number of nitrogens with zero attached hydrogens (tertiary/aromatic N) is 2. The van der Waals surface area contributed by atoms with Crippen molar-refractivity contribution < 1.29 is 4.74 Å². The van der Waals surface area contributed by atoms with E-state index in [1.807, 2.05) is 6.07 Å². The van der Waals surface area contributed by atoms with Crippen molar-refractivity contribution in [2.75, 3.05) is 17.7 Å². The van der Waals surface area contributed by atoms with Gasteiger partial charge in [0.25, 0.3) is 0 Å². The van der Waals surface area contributed by atoms with Crippen molar-refractivity contribution in [2.45, 2.75) is 13.0 Å². The Labute approximate surface area is 129 Å². The molecule has 2 aromatic rings. The molecule has 1 aromatic heterocycles. The summed E-state index contributed by atoms with van der Waals surface area (Å²) >= 11 is 9.57. The third-order valence-corrected chi connectivity index (χ3v) is 3.92. The average molecular weight is 356 g/mol. The van der Waals surface area contributed by atoms with Gasteiger partial charge in [-0.1, -0.05) is 27.5 Å². The molecule has 0 amide bonds. The predicted molar refractivity (Wildman–Crippen MR) is 82.1 cm³/mol. The number of halogens is 2. The Balaban J connectivity index is 1.84. The summed E-state index contributed by atoms with van der Waals surface area (Å²) in [4.78, 5) is 7.91. The molecule has 7 heteroatoms. The number of ether oxygens (including phenoxy) is 1. The Morgan fingerprint density at radius 2 is 2.25 bits per heavy atom. The minimum absolute atomic E-state index is 0.264. The maximum absolute atomic E-state index is 6.05. The van der Waals surface area contributed by atoms with Crippen LogP contribution in [-0.2, 0) is 13.0 Å². The number of benzene rings is 1. The molecule has 0 spiro atoms. The molecule has 1 aliphatic rings. The number of anilines is 2. The molecular weight excluding hydrogens is 344 g/mol. The molecule has 0 unspecified atom stereocenters. The topological polar surface area (TPSA) is 73.1 Å². The first-order valence-corrected chi connectivity index (χ1v) is 7.26. The van der Waals surface area contributed by atoms with Crippen LogP contribution in [0.4, 0.5) is 11.6 Å². The summed E-state index contributed by atoms with van der Waals surface area (Å²) in [5.41, 5.74) is 7.92. The van der Waals surface area contributed by atoms with Crippen molar-refractivity contribution in [3.05, 3.63) is 39.1 Å². The normalized spacial score (nSPS) is 12.9. The maximum Gasteiger partial charge on any atom is 0.150 e. The first-order valence-electron chi connectivity index (χ1n) is 6.09. The smallest absolute Gasteiger partial charge is 0.150 e. The van der Waals surface area contributed by atoms with Crippen molar-refractivity contribution in [2.24, 2.45) is 0 Å². The van der Waals surface area contributed by atoms with E-state index in [1.54, 1.807) is 0 Å². The fourth-order valence-electron chi connectivity index (χ4n) is 2.16. The SMILES string of the molecule is Nc1ncnc(NCc2cc(Br)cc3c2OCC3)c1Cl. The fraction of sp³-hybridized carbons (Fsp3) is 0.231. The molecule has 1 aromatic carbocycles. The zero-order valence-corrected chi connectivity index (χ0v) is 12.8. The third kappa shape index (κ3) is 2.53. The molecule has 3 N–H and O–H groups in total. The number of nitrogen functional groups attached to an aromatic ring is 1. The molecule has 0 atom stereocenters. The van der Waals surface area contributed by atoms with Crippen LogP contribution in [0.3, 0.4) is 0 Å². The van der Waals surface area contributed by atoms with E-state index in [-0.39, 0.29) is 5.82 Å². The zero-order valence-electron chi connectivity index (χ0n) is 10.5. The van der Waals surface area contributed by atoms with Gasteiger partial charge in [0.15, 0.2) is 5.82 Å². The van der Waals surface area contributed by atoms with E-state index in [0.29, 0.717) is 17.4 Å². The fourth-order valence-corrected chi connectivity index (χ4v) is 2.88. The highest BCUT2D eigenvalue weighted by Gasteiger charge is 2.17. The second-order valence-corrected chi connectivity index (χ2v) is 5.72. The molecule has 2 heterocycles. The number of aromatic nitrogens is 2. The number of hydrogen-bond acceptors (Lipinski definition) is 5. The molecule has 20 heavy (non-hydrogen) atoms. The lowest BCUT2D eigenvalue weighted by molar-refractivity contribution is 0.354. The van der Waals surface area contributed by atoms with E-state index in [1.165, 1.54) is 11.9 Å². The van der Waals surface area contributed by atoms with E-state index in [2.05, 4.69) is 37.3 Å². The van der Waals surface area contributed by atoms with E-state index in [9.17, 15) is 0 Å². The molecule has 1 aliphatic heterocycles. The van der Waals surface area contributed by atoms with E-state index in [4.69, 9.17) is 22.1 Å². The van der Waals surface area contributed by atoms with Crippen molar-refractivity contribution >= 4 is 39.2 Å². The van der Waals surface area contributed by atoms with E-state index >= 15 is 0 Å². The van der Waals surface area contributed by atoms with Gasteiger partial charge in [-0.3, -0.25) is 0 Å². The van der Waals surface area contributed by atoms with Crippen molar-refractivity contribution in [1.82, 2.24) is 9.97 Å². The minimum Gasteiger partial charge on any atom is -0.493 e. The highest BCUT2D eigenvalue weighted by Crippen LogP contribution is 2.34. The van der Waals surface area contributed by atoms with Crippen LogP contribution in [0.25, 0.3) is 0 Å². The number of fused-ring (bicyclic) bond motifs is 1. The largest absolute Gasteiger partial charge is 0.493 e. The Bertz CT molecular complexity index is 665. The zero-order chi connectivity index (χ0) is 14.1. The van der Waals surface area contributed by atoms with Gasteiger partial charge in [-0.15, -0.1) is 0 Å². The molecule has 0 saturated carbocycles. The highest BCUT2D eigenvalue weighted by atomic mass is 79.9. The monoisotopic (exact) mass is 354 g/mol. The predicted octanol–water partition coefficient (Wildman–Crippen LogP) is 3.02. The van der Waals surface area contributed by atoms with Crippen molar-refractivity contribution in [1.29, 1.82) is 0 Å². The standard InChI is InChI=1S/C13H12BrClN4O/c14-9-3-7-1-2-20-11(7)8(4-9)5-17-13-10(15)12(16)18-6-19-13/h3-4,6H,1-2,5H2,(H3,16,17,18,19). The van der Waals surface area contributed by atoms with Crippen molar-refractivity contribution in [3.63, 3.8) is 0 Å². The summed E-state index contributed by atoms with van der Waals surface area (Å²) in [5, 5.41) is 3.50. The second-order valence-electron chi connectivity index (χ2n) is 4.43. The van der Waals surface area contributed by atoms with Crippen LogP contribution in [0.5, 0.6) is 5.75 Å². The lowest BCUT2D eigenvalue weighted by atomic mass is 10.1. The van der Waals surface area contributed by atoms with E-state index < -0.39 is 0 Å². The molecule has 0 fully saturated rings. The molecular formula is C13H12BrClN4O. The van der Waals surface area contributed by atoms with Crippen LogP contribution in [0, 0.1) is 0 Å². The average Bonchev–Trinajstić information content (AvgIpc) is 2.88. The number of nitrogens with two attached hydrogens (primary N) is 1. The molecule has 3 rings (SSSR count). The molecule has 5 nitrogen and oxygen atoms in total. The van der Waals surface area contributed by atoms with Gasteiger partial charge < -0.3 is 15.8 Å². The Morgan fingerprint density at radius 1 is 1.40 bits per heavy atom. The summed E-state index contributed by atoms with van der Waals surface area (Å²) in [6, 6.07) is 4.11. The van der Waals surface area contributed by atoms with Crippen LogP contribution in [0.15, 0.2) is 22.9 Å². The van der Waals surface area contributed by atoms with Gasteiger partial charge >= 0.3 is 0 Å². The summed E-state index contributed by atoms with van der Waals surface area (Å²) in [6.07, 6.45) is 2.31. The van der Waals surface area contributed by atoms with Crippen LogP contribution in [0.2, 0.25) is 5.02 Å². The minimum atomic E-state index is 0.264. The summed E-state index contributed by atoms with van der Waals surface area (Å²) < 4.78 is 6.71. The third-order valence-electron chi connectivity index (χ3n) is 3.09. The lowest BCUT2D eigenvalue weighted by Gasteiger charge is -2.11. The van der Waals surface area contributed by atoms with Crippen molar-refractivity contribution in [3.8, 4) is 5.75 Å². The summed E-state index contributed by atoms with van der Waals surface area (Å²) in [5.74, 6) is 1.73. The van der Waals surface area contributed by atoms with Crippen LogP contribution >= 0.6 is 27.5 Å². The molecule has 0 saturated heterocycles. The Hall–Kier alpha value is -1.53. The van der Waals surface area contributed by atoms with Crippen LogP contribution in [-0.4, -0.2) is 16.6 Å². The van der Waals surface area contributed by atoms with Gasteiger partial charge in [-0.2, -0.15) is 0 Å². The Morgan fingerprint density at radius 3 is 3.10 bits per heavy atom. The molecule has 0 radical (unpaired) electrons. The maximum atomic E-state index is 6.05. The quantitative estimate of drug-likeness (QED) is 0.885. The van der Waals surface area contributed by atoms with Gasteiger partial charge in [-0.05, 0) is 17.7 Å². The van der Waals surface area contributed by atoms with Gasteiger partial charge in [0.2, 0.25) is 0 Å². The summed E-state index contributed by atoms with van der Waals surface area (Å²) in [7, 11) is 0. The number of hydrogen-bond donors (Lipinski definition) is 2. The first kappa shape index (κ1) is 13.5. The number of nitrogens with one attached hydrogen (secondary N) is 1. The van der Waals surface area contributed by atoms with Gasteiger partial charge in [0, 0.05) is 23.0 Å². The van der Waals surface area contributed by atoms with Gasteiger partial charge in [0.05, 0.1) is 6.61 Å². The molecule has 0 bridgehead atoms. The number of rotatable bonds is 3. The van der Waals surface area contributed by atoms with E-state index in [0.717, 1.165) is 28.8 Å². The van der Waals surface area contributed by atoms with Crippen LogP contribution in [0.1, 0.15) is 11.1 Å². The molecule has 0 aliphatic carbocycles. The second kappa shape index (κ2) is 5.46. The van der Waals surface area contributed by atoms with Gasteiger partial charge in [-0.25, -0.2) is 9.97 Å². The van der Waals surface area contributed by atoms with Gasteiger partial charge in [0.1, 0.15) is 22.9 Å². The van der Waals surface area contributed by atoms with Crippen LogP contribution < -0.4 is 15.8 Å². The summed E-state index contributed by atoms with van der Waals surface area (Å²) in [6.45, 7) is 1.28. The Kier molecular flexibility index (Phi) is 3.67. The molecule has 104 valence electrons.